The van der Waals surface area contributed by atoms with E-state index in [2.05, 4.69) is 5.32 Å². The fourth-order valence-electron chi connectivity index (χ4n) is 3.01. The van der Waals surface area contributed by atoms with Crippen LogP contribution in [-0.4, -0.2) is 38.8 Å². The number of hydrogen-bond acceptors (Lipinski definition) is 4. The zero-order chi connectivity index (χ0) is 18.7. The maximum atomic E-state index is 13.2. The molecule has 148 valence electrons. The van der Waals surface area contributed by atoms with Crippen LogP contribution in [0.25, 0.3) is 0 Å². The first kappa shape index (κ1) is 21.5. The predicted molar refractivity (Wildman–Crippen MR) is 112 cm³/mol. The van der Waals surface area contributed by atoms with E-state index in [1.165, 1.54) is 8.61 Å². The Hall–Kier alpha value is -1.80. The Morgan fingerprint density at radius 3 is 2.22 bits per heavy atom. The van der Waals surface area contributed by atoms with Crippen molar-refractivity contribution in [1.82, 2.24) is 5.32 Å². The lowest BCUT2D eigenvalue weighted by molar-refractivity contribution is 0.162. The fourth-order valence-corrected chi connectivity index (χ4v) is 4.73. The molecule has 2 aromatic carbocycles. The minimum atomic E-state index is -3.73. The fraction of sp³-hybridized carbons (Fsp3) is 0.368. The van der Waals surface area contributed by atoms with E-state index in [-0.39, 0.29) is 25.0 Å². The number of rotatable bonds is 7. The number of nitrogens with one attached hydrogen (secondary N) is 1. The van der Waals surface area contributed by atoms with E-state index in [1.807, 2.05) is 44.2 Å². The molecule has 27 heavy (non-hydrogen) atoms. The number of aliphatic hydroxyl groups is 1. The quantitative estimate of drug-likeness (QED) is 0.734. The first-order chi connectivity index (χ1) is 12.4. The number of anilines is 3. The molecule has 3 rings (SSSR count). The predicted octanol–water partition coefficient (Wildman–Crippen LogP) is 3.06. The number of benzene rings is 2. The molecule has 1 atom stereocenters. The standard InChI is InChI=1S/C19H25N3O3S.ClH/c1-15(2)20-14-17(23)12-13-21-18-10-6-7-11-19(18)22(26(21,24)25)16-8-4-3-5-9-16;/h3-11,15,17,20,23H,12-14H2,1-2H3;1H. The molecule has 0 spiro atoms. The zero-order valence-electron chi connectivity index (χ0n) is 15.4. The molecular formula is C19H26ClN3O3S. The molecule has 0 amide bonds. The van der Waals surface area contributed by atoms with Gasteiger partial charge in [0.1, 0.15) is 0 Å². The van der Waals surface area contributed by atoms with Crippen molar-refractivity contribution in [1.29, 1.82) is 0 Å². The van der Waals surface area contributed by atoms with Gasteiger partial charge >= 0.3 is 10.2 Å². The Morgan fingerprint density at radius 2 is 1.59 bits per heavy atom. The van der Waals surface area contributed by atoms with E-state index in [0.29, 0.717) is 30.0 Å². The van der Waals surface area contributed by atoms with Crippen LogP contribution in [0.4, 0.5) is 17.1 Å². The third-order valence-corrected chi connectivity index (χ3v) is 6.10. The van der Waals surface area contributed by atoms with Crippen molar-refractivity contribution in [3.05, 3.63) is 54.6 Å². The molecule has 6 nitrogen and oxygen atoms in total. The molecule has 0 fully saturated rings. The van der Waals surface area contributed by atoms with Gasteiger partial charge in [-0.3, -0.25) is 4.31 Å². The minimum Gasteiger partial charge on any atom is -0.392 e. The van der Waals surface area contributed by atoms with Crippen molar-refractivity contribution >= 4 is 39.7 Å². The van der Waals surface area contributed by atoms with Gasteiger partial charge in [-0.1, -0.05) is 44.2 Å². The van der Waals surface area contributed by atoms with Crippen LogP contribution in [0, 0.1) is 0 Å². The average molecular weight is 412 g/mol. The summed E-state index contributed by atoms with van der Waals surface area (Å²) in [5.74, 6) is 0. The van der Waals surface area contributed by atoms with Crippen molar-refractivity contribution in [3.63, 3.8) is 0 Å². The van der Waals surface area contributed by atoms with E-state index >= 15 is 0 Å². The highest BCUT2D eigenvalue weighted by molar-refractivity contribution is 7.95. The smallest absolute Gasteiger partial charge is 0.330 e. The van der Waals surface area contributed by atoms with Crippen LogP contribution in [0.1, 0.15) is 20.3 Å². The zero-order valence-corrected chi connectivity index (χ0v) is 17.1. The largest absolute Gasteiger partial charge is 0.392 e. The maximum Gasteiger partial charge on any atom is 0.330 e. The molecule has 1 aliphatic heterocycles. The Bertz CT molecular complexity index is 846. The summed E-state index contributed by atoms with van der Waals surface area (Å²) in [5.41, 5.74) is 1.87. The van der Waals surface area contributed by atoms with Crippen molar-refractivity contribution in [2.75, 3.05) is 21.7 Å². The van der Waals surface area contributed by atoms with Crippen LogP contribution in [0.15, 0.2) is 54.6 Å². The topological polar surface area (TPSA) is 72.9 Å². The Morgan fingerprint density at radius 1 is 1.00 bits per heavy atom. The van der Waals surface area contributed by atoms with Gasteiger partial charge in [-0.05, 0) is 30.7 Å². The van der Waals surface area contributed by atoms with Crippen LogP contribution in [-0.2, 0) is 10.2 Å². The highest BCUT2D eigenvalue weighted by atomic mass is 35.5. The number of para-hydroxylation sites is 3. The van der Waals surface area contributed by atoms with Crippen molar-refractivity contribution in [3.8, 4) is 0 Å². The Kier molecular flexibility index (Phi) is 7.11. The third kappa shape index (κ3) is 4.55. The van der Waals surface area contributed by atoms with E-state index in [4.69, 9.17) is 0 Å². The summed E-state index contributed by atoms with van der Waals surface area (Å²) >= 11 is 0. The summed E-state index contributed by atoms with van der Waals surface area (Å²) in [6.45, 7) is 4.68. The second kappa shape index (κ2) is 8.93. The Labute approximate surface area is 167 Å². The van der Waals surface area contributed by atoms with E-state index in [1.54, 1.807) is 24.3 Å². The summed E-state index contributed by atoms with van der Waals surface area (Å²) in [6, 6.07) is 16.6. The highest BCUT2D eigenvalue weighted by Gasteiger charge is 2.40. The summed E-state index contributed by atoms with van der Waals surface area (Å²) < 4.78 is 29.1. The first-order valence-electron chi connectivity index (χ1n) is 8.80. The summed E-state index contributed by atoms with van der Waals surface area (Å²) in [6.07, 6.45) is -0.249. The van der Waals surface area contributed by atoms with E-state index in [9.17, 15) is 13.5 Å². The molecular weight excluding hydrogens is 386 g/mol. The van der Waals surface area contributed by atoms with Crippen molar-refractivity contribution in [2.24, 2.45) is 0 Å². The average Bonchev–Trinajstić information content (AvgIpc) is 2.84. The molecule has 1 heterocycles. The maximum absolute atomic E-state index is 13.2. The van der Waals surface area contributed by atoms with Crippen LogP contribution >= 0.6 is 12.4 Å². The molecule has 0 saturated heterocycles. The van der Waals surface area contributed by atoms with Gasteiger partial charge in [0.05, 0.1) is 23.2 Å². The van der Waals surface area contributed by atoms with E-state index in [0.717, 1.165) is 0 Å². The van der Waals surface area contributed by atoms with Gasteiger partial charge < -0.3 is 10.4 Å². The first-order valence-corrected chi connectivity index (χ1v) is 10.2. The molecule has 2 N–H and O–H groups in total. The molecule has 2 aromatic rings. The Balaban J connectivity index is 0.00000261. The van der Waals surface area contributed by atoms with Gasteiger partial charge in [0, 0.05) is 19.1 Å². The number of hydrogen-bond donors (Lipinski definition) is 2. The summed E-state index contributed by atoms with van der Waals surface area (Å²) in [7, 11) is -3.73. The number of nitrogens with zero attached hydrogens (tertiary/aromatic N) is 2. The second-order valence-electron chi connectivity index (χ2n) is 6.67. The molecule has 0 aliphatic carbocycles. The minimum absolute atomic E-state index is 0. The van der Waals surface area contributed by atoms with Crippen LogP contribution in [0.2, 0.25) is 0 Å². The molecule has 8 heteroatoms. The third-order valence-electron chi connectivity index (χ3n) is 4.30. The molecule has 1 unspecified atom stereocenters. The van der Waals surface area contributed by atoms with E-state index < -0.39 is 16.3 Å². The number of halogens is 1. The highest BCUT2D eigenvalue weighted by Crippen LogP contribution is 2.45. The van der Waals surface area contributed by atoms with Gasteiger partial charge in [-0.2, -0.15) is 8.42 Å². The van der Waals surface area contributed by atoms with Crippen molar-refractivity contribution in [2.45, 2.75) is 32.4 Å². The summed E-state index contributed by atoms with van der Waals surface area (Å²) in [4.78, 5) is 0. The second-order valence-corrected chi connectivity index (χ2v) is 8.38. The normalized spacial score (nSPS) is 16.1. The molecule has 0 bridgehead atoms. The van der Waals surface area contributed by atoms with Gasteiger partial charge in [0.15, 0.2) is 0 Å². The number of aliphatic hydroxyl groups excluding tert-OH is 1. The van der Waals surface area contributed by atoms with Crippen LogP contribution in [0.3, 0.4) is 0 Å². The van der Waals surface area contributed by atoms with Crippen LogP contribution in [0.5, 0.6) is 0 Å². The van der Waals surface area contributed by atoms with Crippen molar-refractivity contribution < 1.29 is 13.5 Å². The SMILES string of the molecule is CC(C)NCC(O)CCN1c2ccccc2N(c2ccccc2)S1(=O)=O.Cl. The summed E-state index contributed by atoms with van der Waals surface area (Å²) in [5, 5.41) is 13.3. The monoisotopic (exact) mass is 411 g/mol. The molecule has 0 radical (unpaired) electrons. The lowest BCUT2D eigenvalue weighted by atomic mass is 10.2. The van der Waals surface area contributed by atoms with Gasteiger partial charge in [-0.25, -0.2) is 4.31 Å². The molecule has 0 saturated carbocycles. The van der Waals surface area contributed by atoms with Gasteiger partial charge in [0.25, 0.3) is 0 Å². The van der Waals surface area contributed by atoms with Gasteiger partial charge in [0.2, 0.25) is 0 Å². The van der Waals surface area contributed by atoms with Gasteiger partial charge in [-0.15, -0.1) is 12.4 Å². The molecule has 0 aromatic heterocycles. The number of fused-ring (bicyclic) bond motifs is 1. The molecule has 1 aliphatic rings. The van der Waals surface area contributed by atoms with Crippen LogP contribution < -0.4 is 13.9 Å². The lowest BCUT2D eigenvalue weighted by Gasteiger charge is -2.23. The lowest BCUT2D eigenvalue weighted by Crippen LogP contribution is -2.39.